The number of aliphatic hydroxyl groups excluding tert-OH is 1. The minimum Gasteiger partial charge on any atom is -1.00 e. The molecule has 2 amide bonds. The molecule has 4 aromatic carbocycles. The van der Waals surface area contributed by atoms with Crippen LogP contribution in [0, 0.1) is 0 Å². The van der Waals surface area contributed by atoms with Gasteiger partial charge in [-0.2, -0.15) is 0 Å². The molecule has 246 valence electrons. The number of carbonyl (C=O) groups is 2. The van der Waals surface area contributed by atoms with Crippen LogP contribution in [-0.2, 0) is 19.4 Å². The zero-order valence-electron chi connectivity index (χ0n) is 27.2. The summed E-state index contributed by atoms with van der Waals surface area (Å²) in [5, 5.41) is 15.9. The number of quaternary nitrogens is 1. The summed E-state index contributed by atoms with van der Waals surface area (Å²) in [5.74, 6) is 0.0739. The van der Waals surface area contributed by atoms with Gasteiger partial charge < -0.3 is 49.8 Å². The van der Waals surface area contributed by atoms with Crippen molar-refractivity contribution in [2.75, 3.05) is 45.4 Å². The van der Waals surface area contributed by atoms with E-state index in [2.05, 4.69) is 38.7 Å². The number of benzene rings is 4. The van der Waals surface area contributed by atoms with E-state index >= 15 is 0 Å². The SMILES string of the molecule is CCc1ccc(C(=O)Nc2ccc(-c3ccc(NC(=O)c4ccc(CCCC[N+](C)(C)C)cc4)c(OC)c3)cc2CO)cc1.[Cl-].[Cl-]. The predicted octanol–water partition coefficient (Wildman–Crippen LogP) is 0.958. The normalized spacial score (nSPS) is 10.7. The highest BCUT2D eigenvalue weighted by Gasteiger charge is 2.14. The Labute approximate surface area is 285 Å². The number of ether oxygens (including phenoxy) is 1. The molecule has 0 heterocycles. The second-order valence-electron chi connectivity index (χ2n) is 12.1. The molecule has 0 fully saturated rings. The van der Waals surface area contributed by atoms with Gasteiger partial charge >= 0.3 is 0 Å². The average Bonchev–Trinajstić information content (AvgIpc) is 3.03. The number of rotatable bonds is 13. The minimum absolute atomic E-state index is 0. The third-order valence-corrected chi connectivity index (χ3v) is 7.69. The summed E-state index contributed by atoms with van der Waals surface area (Å²) in [7, 11) is 8.18. The van der Waals surface area contributed by atoms with E-state index in [0.29, 0.717) is 33.8 Å². The molecular weight excluding hydrogens is 621 g/mol. The number of hydrogen-bond acceptors (Lipinski definition) is 4. The van der Waals surface area contributed by atoms with Crippen molar-refractivity contribution in [2.45, 2.75) is 39.2 Å². The van der Waals surface area contributed by atoms with Crippen molar-refractivity contribution in [3.05, 3.63) is 113 Å². The Kier molecular flexibility index (Phi) is 14.8. The highest BCUT2D eigenvalue weighted by molar-refractivity contribution is 6.06. The summed E-state index contributed by atoms with van der Waals surface area (Å²) in [6, 6.07) is 26.3. The van der Waals surface area contributed by atoms with Gasteiger partial charge in [0.15, 0.2) is 0 Å². The van der Waals surface area contributed by atoms with Gasteiger partial charge in [-0.1, -0.05) is 43.3 Å². The first kappa shape index (κ1) is 38.3. The number of nitrogens with zero attached hydrogens (tertiary/aromatic N) is 1. The largest absolute Gasteiger partial charge is 1.00 e. The summed E-state index contributed by atoms with van der Waals surface area (Å²) in [6.45, 7) is 2.97. The van der Waals surface area contributed by atoms with E-state index in [1.807, 2.05) is 66.7 Å². The Morgan fingerprint density at radius 2 is 1.24 bits per heavy atom. The highest BCUT2D eigenvalue weighted by Crippen LogP contribution is 2.33. The number of aryl methyl sites for hydroxylation is 2. The Hall–Kier alpha value is -3.88. The summed E-state index contributed by atoms with van der Waals surface area (Å²) in [4.78, 5) is 25.8. The van der Waals surface area contributed by atoms with Gasteiger partial charge in [-0.15, -0.1) is 0 Å². The summed E-state index contributed by atoms with van der Waals surface area (Å²) in [6.07, 6.45) is 4.18. The van der Waals surface area contributed by atoms with Crippen LogP contribution in [0.1, 0.15) is 57.2 Å². The lowest BCUT2D eigenvalue weighted by Crippen LogP contribution is -3.00. The minimum atomic E-state index is -0.238. The maximum atomic E-state index is 13.0. The molecule has 3 N–H and O–H groups in total. The van der Waals surface area contributed by atoms with E-state index in [4.69, 9.17) is 4.74 Å². The first-order chi connectivity index (χ1) is 21.1. The Morgan fingerprint density at radius 3 is 1.76 bits per heavy atom. The molecule has 0 aliphatic rings. The smallest absolute Gasteiger partial charge is 0.255 e. The number of amides is 2. The third-order valence-electron chi connectivity index (χ3n) is 7.69. The van der Waals surface area contributed by atoms with E-state index in [-0.39, 0.29) is 43.2 Å². The number of hydrogen-bond donors (Lipinski definition) is 3. The number of methoxy groups -OCH3 is 1. The van der Waals surface area contributed by atoms with Crippen molar-refractivity contribution in [2.24, 2.45) is 0 Å². The topological polar surface area (TPSA) is 87.7 Å². The summed E-state index contributed by atoms with van der Waals surface area (Å²) < 4.78 is 6.58. The Balaban J connectivity index is 0.00000368. The van der Waals surface area contributed by atoms with E-state index < -0.39 is 0 Å². The first-order valence-electron chi connectivity index (χ1n) is 15.1. The molecule has 0 aliphatic heterocycles. The van der Waals surface area contributed by atoms with Crippen LogP contribution in [-0.4, -0.2) is 56.2 Å². The third kappa shape index (κ3) is 10.6. The van der Waals surface area contributed by atoms with E-state index in [9.17, 15) is 14.7 Å². The van der Waals surface area contributed by atoms with Gasteiger partial charge in [-0.05, 0) is 96.5 Å². The zero-order chi connectivity index (χ0) is 31.7. The van der Waals surface area contributed by atoms with Crippen molar-refractivity contribution in [1.29, 1.82) is 0 Å². The molecule has 0 aromatic heterocycles. The summed E-state index contributed by atoms with van der Waals surface area (Å²) in [5.41, 5.74) is 6.91. The molecule has 7 nitrogen and oxygen atoms in total. The number of anilines is 2. The number of halogens is 2. The number of nitrogens with one attached hydrogen (secondary N) is 2. The van der Waals surface area contributed by atoms with Crippen molar-refractivity contribution >= 4 is 23.2 Å². The van der Waals surface area contributed by atoms with Crippen molar-refractivity contribution in [1.82, 2.24) is 0 Å². The number of aliphatic hydroxyl groups is 1. The molecule has 0 saturated heterocycles. The molecule has 0 unspecified atom stereocenters. The van der Waals surface area contributed by atoms with Gasteiger partial charge in [-0.25, -0.2) is 0 Å². The molecule has 0 aliphatic carbocycles. The van der Waals surface area contributed by atoms with Crippen LogP contribution in [0.2, 0.25) is 0 Å². The van der Waals surface area contributed by atoms with Gasteiger partial charge in [-0.3, -0.25) is 9.59 Å². The number of carbonyl (C=O) groups excluding carboxylic acids is 2. The molecule has 0 bridgehead atoms. The van der Waals surface area contributed by atoms with Gasteiger partial charge in [0.25, 0.3) is 11.8 Å². The van der Waals surface area contributed by atoms with Crippen LogP contribution < -0.4 is 40.2 Å². The van der Waals surface area contributed by atoms with Crippen LogP contribution in [0.15, 0.2) is 84.9 Å². The Bertz CT molecular complexity index is 1580. The first-order valence-corrected chi connectivity index (χ1v) is 15.1. The molecule has 0 atom stereocenters. The van der Waals surface area contributed by atoms with Crippen LogP contribution in [0.5, 0.6) is 5.75 Å². The predicted molar refractivity (Wildman–Crippen MR) is 178 cm³/mol. The summed E-state index contributed by atoms with van der Waals surface area (Å²) >= 11 is 0. The molecule has 0 saturated carbocycles. The van der Waals surface area contributed by atoms with E-state index in [1.54, 1.807) is 25.3 Å². The Morgan fingerprint density at radius 1 is 0.717 bits per heavy atom. The lowest BCUT2D eigenvalue weighted by atomic mass is 10.0. The molecular formula is C37H44Cl2N3O4-. The second kappa shape index (κ2) is 17.7. The van der Waals surface area contributed by atoms with Gasteiger partial charge in [0.1, 0.15) is 5.75 Å². The zero-order valence-corrected chi connectivity index (χ0v) is 28.7. The fourth-order valence-corrected chi connectivity index (χ4v) is 5.02. The molecule has 4 rings (SSSR count). The van der Waals surface area contributed by atoms with Gasteiger partial charge in [0.2, 0.25) is 0 Å². The van der Waals surface area contributed by atoms with Gasteiger partial charge in [0.05, 0.1) is 47.1 Å². The van der Waals surface area contributed by atoms with Crippen molar-refractivity contribution < 1.29 is 48.7 Å². The van der Waals surface area contributed by atoms with Crippen LogP contribution in [0.25, 0.3) is 11.1 Å². The molecule has 46 heavy (non-hydrogen) atoms. The lowest BCUT2D eigenvalue weighted by Gasteiger charge is -2.23. The maximum Gasteiger partial charge on any atom is 0.255 e. The highest BCUT2D eigenvalue weighted by atomic mass is 35.5. The number of unbranched alkanes of at least 4 members (excludes halogenated alkanes) is 1. The monoisotopic (exact) mass is 664 g/mol. The quantitative estimate of drug-likeness (QED) is 0.147. The average molecular weight is 666 g/mol. The van der Waals surface area contributed by atoms with Gasteiger partial charge in [0, 0.05) is 22.4 Å². The van der Waals surface area contributed by atoms with Crippen LogP contribution in [0.4, 0.5) is 11.4 Å². The van der Waals surface area contributed by atoms with E-state index in [0.717, 1.165) is 53.4 Å². The second-order valence-corrected chi connectivity index (χ2v) is 12.1. The van der Waals surface area contributed by atoms with Crippen LogP contribution >= 0.6 is 0 Å². The maximum absolute atomic E-state index is 13.0. The van der Waals surface area contributed by atoms with Crippen LogP contribution in [0.3, 0.4) is 0 Å². The molecule has 4 aromatic rings. The van der Waals surface area contributed by atoms with Crippen molar-refractivity contribution in [3.63, 3.8) is 0 Å². The standard InChI is InChI=1S/C37H43N3O4.2ClH/c1-6-26-10-14-28(15-11-26)36(42)38-33-20-18-30(23-32(33)25-41)31-19-21-34(35(24-31)44-5)39-37(43)29-16-12-27(13-17-29)9-7-8-22-40(2,3)4;;/h10-21,23-24,41H,6-9,22,25H2,1-5H3,(H-,38,39,42,43);2*1H/p-1. The van der Waals surface area contributed by atoms with Crippen molar-refractivity contribution in [3.8, 4) is 16.9 Å². The fraction of sp³-hybridized carbons (Fsp3) is 0.297. The molecule has 0 spiro atoms. The fourth-order valence-electron chi connectivity index (χ4n) is 5.02. The van der Waals surface area contributed by atoms with E-state index in [1.165, 1.54) is 5.56 Å². The molecule has 9 heteroatoms. The molecule has 0 radical (unpaired) electrons. The lowest BCUT2D eigenvalue weighted by molar-refractivity contribution is -0.870.